The summed E-state index contributed by atoms with van der Waals surface area (Å²) in [5.41, 5.74) is 1.16. The van der Waals surface area contributed by atoms with Gasteiger partial charge >= 0.3 is 0 Å². The first kappa shape index (κ1) is 12.1. The summed E-state index contributed by atoms with van der Waals surface area (Å²) >= 11 is 0. The minimum Gasteiger partial charge on any atom is -0.314 e. The molecule has 3 nitrogen and oxygen atoms in total. The summed E-state index contributed by atoms with van der Waals surface area (Å²) in [6.45, 7) is 2.13. The number of rotatable bonds is 4. The molecule has 1 aromatic rings. The quantitative estimate of drug-likeness (QED) is 0.853. The first-order valence-corrected chi connectivity index (χ1v) is 7.30. The number of nitrogens with one attached hydrogen (secondary N) is 2. The van der Waals surface area contributed by atoms with E-state index in [9.17, 15) is 0 Å². The summed E-state index contributed by atoms with van der Waals surface area (Å²) in [7, 11) is 0. The smallest absolute Gasteiger partial charge is 0.0541 e. The Bertz CT molecular complexity index is 359. The van der Waals surface area contributed by atoms with Crippen LogP contribution in [-0.2, 0) is 6.54 Å². The van der Waals surface area contributed by atoms with Gasteiger partial charge in [0.15, 0.2) is 0 Å². The van der Waals surface area contributed by atoms with Gasteiger partial charge in [-0.05, 0) is 50.3 Å². The molecule has 18 heavy (non-hydrogen) atoms. The van der Waals surface area contributed by atoms with Crippen LogP contribution in [-0.4, -0.2) is 23.6 Å². The topological polar surface area (TPSA) is 37.0 Å². The predicted molar refractivity (Wildman–Crippen MR) is 73.2 cm³/mol. The van der Waals surface area contributed by atoms with Crippen molar-refractivity contribution in [2.24, 2.45) is 5.92 Å². The Morgan fingerprint density at radius 3 is 3.00 bits per heavy atom. The molecule has 1 aliphatic carbocycles. The molecule has 98 valence electrons. The van der Waals surface area contributed by atoms with E-state index in [0.29, 0.717) is 6.04 Å². The molecule has 3 heteroatoms. The molecule has 1 saturated heterocycles. The minimum atomic E-state index is 0.683. The maximum absolute atomic E-state index is 4.38. The average molecular weight is 245 g/mol. The molecule has 0 bridgehead atoms. The Hall–Kier alpha value is -0.930. The zero-order valence-electron chi connectivity index (χ0n) is 10.9. The molecule has 2 aliphatic rings. The summed E-state index contributed by atoms with van der Waals surface area (Å²) in [4.78, 5) is 4.38. The second-order valence-corrected chi connectivity index (χ2v) is 5.61. The highest BCUT2D eigenvalue weighted by Gasteiger charge is 2.34. The van der Waals surface area contributed by atoms with Crippen LogP contribution in [0.3, 0.4) is 0 Å². The van der Waals surface area contributed by atoms with Crippen LogP contribution in [0.15, 0.2) is 24.4 Å². The van der Waals surface area contributed by atoms with Crippen molar-refractivity contribution in [3.63, 3.8) is 0 Å². The Kier molecular flexibility index (Phi) is 3.91. The fourth-order valence-electron chi connectivity index (χ4n) is 3.54. The second-order valence-electron chi connectivity index (χ2n) is 5.61. The third-order valence-corrected chi connectivity index (χ3v) is 4.46. The first-order valence-electron chi connectivity index (χ1n) is 7.30. The zero-order chi connectivity index (χ0) is 12.2. The van der Waals surface area contributed by atoms with Crippen molar-refractivity contribution >= 4 is 0 Å². The molecule has 0 radical (unpaired) electrons. The van der Waals surface area contributed by atoms with E-state index in [2.05, 4.69) is 27.8 Å². The van der Waals surface area contributed by atoms with Crippen molar-refractivity contribution in [2.45, 2.75) is 50.7 Å². The summed E-state index contributed by atoms with van der Waals surface area (Å²) in [5, 5.41) is 7.39. The number of hydrogen-bond acceptors (Lipinski definition) is 3. The molecule has 0 spiro atoms. The van der Waals surface area contributed by atoms with Crippen molar-refractivity contribution in [2.75, 3.05) is 6.54 Å². The van der Waals surface area contributed by atoms with E-state index in [4.69, 9.17) is 0 Å². The number of aromatic nitrogens is 1. The standard InChI is InChI=1S/C15H23N3/c1-2-9-16-12(5-1)11-18-15-7-3-6-13(15)14-8-4-10-17-14/h1-2,5,9,13-15,17-18H,3-4,6-8,10-11H2. The van der Waals surface area contributed by atoms with Crippen molar-refractivity contribution in [3.05, 3.63) is 30.1 Å². The highest BCUT2D eigenvalue weighted by molar-refractivity contribution is 5.04. The lowest BCUT2D eigenvalue weighted by molar-refractivity contribution is 0.319. The number of hydrogen-bond donors (Lipinski definition) is 2. The second kappa shape index (κ2) is 5.81. The SMILES string of the molecule is c1ccc(CNC2CCCC2C2CCCN2)nc1. The maximum Gasteiger partial charge on any atom is 0.0541 e. The fraction of sp³-hybridized carbons (Fsp3) is 0.667. The molecule has 2 N–H and O–H groups in total. The van der Waals surface area contributed by atoms with Crippen LogP contribution in [0.5, 0.6) is 0 Å². The van der Waals surface area contributed by atoms with Gasteiger partial charge in [0.1, 0.15) is 0 Å². The van der Waals surface area contributed by atoms with E-state index < -0.39 is 0 Å². The van der Waals surface area contributed by atoms with Crippen molar-refractivity contribution in [1.82, 2.24) is 15.6 Å². The van der Waals surface area contributed by atoms with Gasteiger partial charge in [-0.25, -0.2) is 0 Å². The Labute approximate surface area is 109 Å². The maximum atomic E-state index is 4.38. The van der Waals surface area contributed by atoms with Gasteiger partial charge in [-0.3, -0.25) is 4.98 Å². The van der Waals surface area contributed by atoms with Gasteiger partial charge in [-0.1, -0.05) is 12.5 Å². The highest BCUT2D eigenvalue weighted by Crippen LogP contribution is 2.31. The van der Waals surface area contributed by atoms with E-state index in [-0.39, 0.29) is 0 Å². The van der Waals surface area contributed by atoms with Gasteiger partial charge in [0.2, 0.25) is 0 Å². The minimum absolute atomic E-state index is 0.683. The Morgan fingerprint density at radius 1 is 1.22 bits per heavy atom. The summed E-state index contributed by atoms with van der Waals surface area (Å²) in [5.74, 6) is 0.830. The van der Waals surface area contributed by atoms with Crippen molar-refractivity contribution in [3.8, 4) is 0 Å². The van der Waals surface area contributed by atoms with Gasteiger partial charge in [0, 0.05) is 24.8 Å². The van der Waals surface area contributed by atoms with E-state index in [0.717, 1.165) is 24.2 Å². The Balaban J connectivity index is 1.55. The third-order valence-electron chi connectivity index (χ3n) is 4.46. The van der Waals surface area contributed by atoms with Crippen LogP contribution in [0.2, 0.25) is 0 Å². The summed E-state index contributed by atoms with van der Waals surface area (Å²) in [6, 6.07) is 7.58. The zero-order valence-corrected chi connectivity index (χ0v) is 10.9. The van der Waals surface area contributed by atoms with Gasteiger partial charge in [-0.2, -0.15) is 0 Å². The highest BCUT2D eigenvalue weighted by atomic mass is 15.0. The molecule has 0 aromatic carbocycles. The molecule has 0 amide bonds. The lowest BCUT2D eigenvalue weighted by atomic mass is 9.93. The van der Waals surface area contributed by atoms with Gasteiger partial charge in [0.25, 0.3) is 0 Å². The third kappa shape index (κ3) is 2.73. The van der Waals surface area contributed by atoms with Crippen LogP contribution in [0.1, 0.15) is 37.8 Å². The summed E-state index contributed by atoms with van der Waals surface area (Å²) in [6.07, 6.45) is 8.69. The number of pyridine rings is 1. The molecule has 1 aliphatic heterocycles. The lowest BCUT2D eigenvalue weighted by Crippen LogP contribution is -2.41. The average Bonchev–Trinajstić information content (AvgIpc) is 3.08. The predicted octanol–water partition coefficient (Wildman–Crippen LogP) is 2.09. The van der Waals surface area contributed by atoms with Crippen LogP contribution in [0, 0.1) is 5.92 Å². The van der Waals surface area contributed by atoms with Gasteiger partial charge in [-0.15, -0.1) is 0 Å². The molecule has 1 aromatic heterocycles. The van der Waals surface area contributed by atoms with Gasteiger partial charge in [0.05, 0.1) is 5.69 Å². The lowest BCUT2D eigenvalue weighted by Gasteiger charge is -2.26. The molecular weight excluding hydrogens is 222 g/mol. The fourth-order valence-corrected chi connectivity index (χ4v) is 3.54. The molecule has 2 heterocycles. The molecule has 1 saturated carbocycles. The summed E-state index contributed by atoms with van der Waals surface area (Å²) < 4.78 is 0. The monoisotopic (exact) mass is 245 g/mol. The normalized spacial score (nSPS) is 31.9. The van der Waals surface area contributed by atoms with E-state index >= 15 is 0 Å². The molecular formula is C15H23N3. The Morgan fingerprint density at radius 2 is 2.22 bits per heavy atom. The molecule has 2 fully saturated rings. The van der Waals surface area contributed by atoms with E-state index in [1.54, 1.807) is 0 Å². The molecule has 3 unspecified atom stereocenters. The molecule has 3 atom stereocenters. The van der Waals surface area contributed by atoms with Crippen LogP contribution >= 0.6 is 0 Å². The molecule has 3 rings (SSSR count). The van der Waals surface area contributed by atoms with Crippen molar-refractivity contribution in [1.29, 1.82) is 0 Å². The van der Waals surface area contributed by atoms with Gasteiger partial charge < -0.3 is 10.6 Å². The van der Waals surface area contributed by atoms with Crippen LogP contribution in [0.25, 0.3) is 0 Å². The first-order chi connectivity index (χ1) is 8.93. The van der Waals surface area contributed by atoms with Crippen LogP contribution < -0.4 is 10.6 Å². The van der Waals surface area contributed by atoms with Crippen LogP contribution in [0.4, 0.5) is 0 Å². The van der Waals surface area contributed by atoms with E-state index in [1.165, 1.54) is 38.6 Å². The largest absolute Gasteiger partial charge is 0.314 e. The van der Waals surface area contributed by atoms with E-state index in [1.807, 2.05) is 12.3 Å². The number of nitrogens with zero attached hydrogens (tertiary/aromatic N) is 1. The van der Waals surface area contributed by atoms with Crippen molar-refractivity contribution < 1.29 is 0 Å².